The zero-order valence-corrected chi connectivity index (χ0v) is 23.2. The maximum atomic E-state index is 13.4. The average Bonchev–Trinajstić information content (AvgIpc) is 3.25. The van der Waals surface area contributed by atoms with E-state index >= 15 is 0 Å². The summed E-state index contributed by atoms with van der Waals surface area (Å²) >= 11 is 0. The highest BCUT2D eigenvalue weighted by Gasteiger charge is 2.69. The number of benzene rings is 1. The molecule has 5 aliphatic rings. The zero-order chi connectivity index (χ0) is 28.1. The molecule has 2 aliphatic heterocycles. The van der Waals surface area contributed by atoms with E-state index in [4.69, 9.17) is 15.2 Å². The number of Topliss-reactive ketones (excluding diaryl/α,β-unsaturated/α-hetero) is 1. The van der Waals surface area contributed by atoms with Crippen LogP contribution in [0.5, 0.6) is 5.75 Å². The lowest BCUT2D eigenvalue weighted by Crippen LogP contribution is -2.73. The number of amides is 1. The molecule has 2 saturated carbocycles. The predicted octanol–water partition coefficient (Wildman–Crippen LogP) is 4.33. The molecule has 1 spiro atoms. The summed E-state index contributed by atoms with van der Waals surface area (Å²) < 4.78 is 13.3. The van der Waals surface area contributed by atoms with E-state index < -0.39 is 44.9 Å². The van der Waals surface area contributed by atoms with Gasteiger partial charge in [-0.15, -0.1) is 0 Å². The molecule has 3 aliphatic carbocycles. The van der Waals surface area contributed by atoms with Gasteiger partial charge in [0.2, 0.25) is 0 Å². The van der Waals surface area contributed by atoms with Gasteiger partial charge in [0.05, 0.1) is 17.0 Å². The standard InChI is InChI=1S/C30H37N3O6/c1-16-9-10-20-27(2,3)25(34)18(31)15-30(20)28(16,4)14-17-13-19(33(36)37)21-22(23(17)39-30)24(32-26(21)35)29(38-5)11-7-6-8-12-29/h6-8,11,13,16,18,20,24H,9-10,12,14-15,31H2,1-5H3,(H,32,35)/t16-,18+,20-,24+,28+,29?,30-/m0/s1. The molecular formula is C30H37N3O6. The molecule has 0 aromatic heterocycles. The number of nitrogens with two attached hydrogens (primary N) is 1. The monoisotopic (exact) mass is 535 g/mol. The van der Waals surface area contributed by atoms with Gasteiger partial charge in [-0.3, -0.25) is 19.7 Å². The maximum absolute atomic E-state index is 13.4. The number of nitrogens with one attached hydrogen (secondary N) is 1. The van der Waals surface area contributed by atoms with E-state index in [-0.39, 0.29) is 28.9 Å². The molecule has 7 atom stereocenters. The van der Waals surface area contributed by atoms with Crippen LogP contribution in [0.3, 0.4) is 0 Å². The van der Waals surface area contributed by atoms with Crippen LogP contribution in [0, 0.1) is 32.8 Å². The molecule has 1 unspecified atom stereocenters. The van der Waals surface area contributed by atoms with Crippen LogP contribution in [0.2, 0.25) is 0 Å². The van der Waals surface area contributed by atoms with E-state index in [2.05, 4.69) is 19.2 Å². The second-order valence-electron chi connectivity index (χ2n) is 13.0. The molecule has 9 nitrogen and oxygen atoms in total. The molecule has 39 heavy (non-hydrogen) atoms. The first kappa shape index (κ1) is 26.2. The molecule has 3 N–H and O–H groups in total. The second kappa shape index (κ2) is 8.24. The molecule has 9 heteroatoms. The van der Waals surface area contributed by atoms with Crippen LogP contribution >= 0.6 is 0 Å². The van der Waals surface area contributed by atoms with Crippen LogP contribution in [-0.2, 0) is 16.0 Å². The third-order valence-corrected chi connectivity index (χ3v) is 11.0. The van der Waals surface area contributed by atoms with Gasteiger partial charge in [-0.2, -0.15) is 0 Å². The van der Waals surface area contributed by atoms with Crippen LogP contribution in [0.4, 0.5) is 5.69 Å². The Morgan fingerprint density at radius 1 is 1.21 bits per heavy atom. The molecule has 0 saturated heterocycles. The fourth-order valence-corrected chi connectivity index (χ4v) is 8.68. The highest BCUT2D eigenvalue weighted by molar-refractivity contribution is 6.04. The fraction of sp³-hybridized carbons (Fsp3) is 0.600. The van der Waals surface area contributed by atoms with Crippen molar-refractivity contribution in [3.05, 3.63) is 57.2 Å². The van der Waals surface area contributed by atoms with Gasteiger partial charge >= 0.3 is 0 Å². The first-order valence-corrected chi connectivity index (χ1v) is 13.9. The van der Waals surface area contributed by atoms with Crippen molar-refractivity contribution in [3.63, 3.8) is 0 Å². The molecule has 208 valence electrons. The zero-order valence-electron chi connectivity index (χ0n) is 23.2. The molecule has 0 radical (unpaired) electrons. The molecule has 2 fully saturated rings. The van der Waals surface area contributed by atoms with Gasteiger partial charge in [0, 0.05) is 53.9 Å². The summed E-state index contributed by atoms with van der Waals surface area (Å²) in [6.45, 7) is 8.35. The number of nitrogens with zero attached hydrogens (tertiary/aromatic N) is 1. The van der Waals surface area contributed by atoms with Crippen LogP contribution in [0.1, 0.15) is 80.9 Å². The summed E-state index contributed by atoms with van der Waals surface area (Å²) in [5, 5.41) is 15.3. The summed E-state index contributed by atoms with van der Waals surface area (Å²) in [5.41, 5.74) is 4.74. The second-order valence-corrected chi connectivity index (χ2v) is 13.0. The molecule has 6 rings (SSSR count). The first-order chi connectivity index (χ1) is 18.3. The minimum absolute atomic E-state index is 0.0268. The number of carbonyl (C=O) groups excluding carboxylic acids is 2. The van der Waals surface area contributed by atoms with Crippen LogP contribution in [0.15, 0.2) is 30.4 Å². The fourth-order valence-electron chi connectivity index (χ4n) is 8.68. The van der Waals surface area contributed by atoms with E-state index in [9.17, 15) is 19.7 Å². The Labute approximate surface area is 228 Å². The van der Waals surface area contributed by atoms with Crippen molar-refractivity contribution in [2.24, 2.45) is 28.4 Å². The Kier molecular flexibility index (Phi) is 5.53. The van der Waals surface area contributed by atoms with Gasteiger partial charge in [0.25, 0.3) is 11.6 Å². The Balaban J connectivity index is 1.63. The number of nitro benzene ring substituents is 1. The normalized spacial score (nSPS) is 39.6. The summed E-state index contributed by atoms with van der Waals surface area (Å²) in [6.07, 6.45) is 10.8. The summed E-state index contributed by atoms with van der Waals surface area (Å²) in [6, 6.07) is 0.160. The predicted molar refractivity (Wildman–Crippen MR) is 144 cm³/mol. The van der Waals surface area contributed by atoms with Crippen molar-refractivity contribution in [1.29, 1.82) is 0 Å². The van der Waals surface area contributed by atoms with E-state index in [1.54, 1.807) is 7.11 Å². The largest absolute Gasteiger partial charge is 0.486 e. The number of carbonyl (C=O) groups is 2. The lowest BCUT2D eigenvalue weighted by atomic mass is 9.43. The van der Waals surface area contributed by atoms with Crippen molar-refractivity contribution >= 4 is 17.4 Å². The Morgan fingerprint density at radius 2 is 1.95 bits per heavy atom. The lowest BCUT2D eigenvalue weighted by Gasteiger charge is -2.66. The van der Waals surface area contributed by atoms with Crippen molar-refractivity contribution in [2.45, 2.75) is 83.1 Å². The van der Waals surface area contributed by atoms with E-state index in [0.29, 0.717) is 36.1 Å². The number of hydrogen-bond donors (Lipinski definition) is 2. The Bertz CT molecular complexity index is 1370. The van der Waals surface area contributed by atoms with Crippen LogP contribution in [0.25, 0.3) is 0 Å². The first-order valence-electron chi connectivity index (χ1n) is 13.9. The molecule has 0 bridgehead atoms. The highest BCUT2D eigenvalue weighted by Crippen LogP contribution is 2.66. The van der Waals surface area contributed by atoms with E-state index in [1.807, 2.05) is 38.2 Å². The van der Waals surface area contributed by atoms with Gasteiger partial charge in [0.15, 0.2) is 5.78 Å². The van der Waals surface area contributed by atoms with Gasteiger partial charge < -0.3 is 20.5 Å². The topological polar surface area (TPSA) is 134 Å². The minimum Gasteiger partial charge on any atom is -0.486 e. The van der Waals surface area contributed by atoms with Gasteiger partial charge in [-0.1, -0.05) is 52.0 Å². The molecule has 2 heterocycles. The summed E-state index contributed by atoms with van der Waals surface area (Å²) in [7, 11) is 1.58. The number of ether oxygens (including phenoxy) is 2. The quantitative estimate of drug-likeness (QED) is 0.435. The number of fused-ring (bicyclic) bond motifs is 3. The molecule has 1 aromatic rings. The number of methoxy groups -OCH3 is 1. The maximum Gasteiger partial charge on any atom is 0.283 e. The lowest BCUT2D eigenvalue weighted by molar-refractivity contribution is -0.385. The SMILES string of the molecule is COC1([C@@H]2NC(=O)c3c([N+](=O)[O-])cc4c(c32)O[C@@]23C[C@@H](N)C(=O)C(C)(C)[C@@H]2CC[C@H](C)[C@@]3(C)C4)C=CC=CC1. The summed E-state index contributed by atoms with van der Waals surface area (Å²) in [5.74, 6) is 0.188. The smallest absolute Gasteiger partial charge is 0.283 e. The van der Waals surface area contributed by atoms with Crippen molar-refractivity contribution in [3.8, 4) is 5.75 Å². The van der Waals surface area contributed by atoms with Crippen molar-refractivity contribution < 1.29 is 24.0 Å². The average molecular weight is 536 g/mol. The Hall–Kier alpha value is -3.04. The highest BCUT2D eigenvalue weighted by atomic mass is 16.6. The summed E-state index contributed by atoms with van der Waals surface area (Å²) in [4.78, 5) is 38.6. The van der Waals surface area contributed by atoms with Gasteiger partial charge in [0.1, 0.15) is 22.5 Å². The molecule has 1 aromatic carbocycles. The third kappa shape index (κ3) is 3.20. The number of nitro groups is 1. The van der Waals surface area contributed by atoms with Crippen molar-refractivity contribution in [2.75, 3.05) is 7.11 Å². The number of hydrogen-bond acceptors (Lipinski definition) is 7. The third-order valence-electron chi connectivity index (χ3n) is 11.0. The molecular weight excluding hydrogens is 498 g/mol. The number of allylic oxidation sites excluding steroid dienone is 2. The number of rotatable bonds is 3. The molecule has 1 amide bonds. The number of ketones is 1. The van der Waals surface area contributed by atoms with E-state index in [0.717, 1.165) is 12.8 Å². The van der Waals surface area contributed by atoms with Crippen LogP contribution in [-0.4, -0.2) is 41.0 Å². The minimum atomic E-state index is -0.933. The van der Waals surface area contributed by atoms with Gasteiger partial charge in [-0.05, 0) is 25.2 Å². The van der Waals surface area contributed by atoms with E-state index in [1.165, 1.54) is 6.07 Å². The Morgan fingerprint density at radius 3 is 2.59 bits per heavy atom. The van der Waals surface area contributed by atoms with Crippen molar-refractivity contribution in [1.82, 2.24) is 5.32 Å². The van der Waals surface area contributed by atoms with Gasteiger partial charge in [-0.25, -0.2) is 0 Å². The van der Waals surface area contributed by atoms with Crippen LogP contribution < -0.4 is 15.8 Å².